The molecule has 2 aromatic heterocycles. The fourth-order valence-corrected chi connectivity index (χ4v) is 5.47. The molecule has 3 aromatic carbocycles. The lowest BCUT2D eigenvalue weighted by Crippen LogP contribution is -2.12. The summed E-state index contributed by atoms with van der Waals surface area (Å²) in [4.78, 5) is 10.1. The van der Waals surface area contributed by atoms with Crippen molar-refractivity contribution in [3.63, 3.8) is 0 Å². The normalized spacial score (nSPS) is 12.0. The van der Waals surface area contributed by atoms with Gasteiger partial charge in [0.05, 0.1) is 16.3 Å². The molecule has 0 fully saturated rings. The van der Waals surface area contributed by atoms with E-state index in [1.807, 2.05) is 0 Å². The summed E-state index contributed by atoms with van der Waals surface area (Å²) in [5.41, 5.74) is 6.50. The van der Waals surface area contributed by atoms with Gasteiger partial charge in [0.2, 0.25) is 0 Å². The van der Waals surface area contributed by atoms with Gasteiger partial charge in [0.25, 0.3) is 0 Å². The van der Waals surface area contributed by atoms with E-state index in [1.165, 1.54) is 32.0 Å². The summed E-state index contributed by atoms with van der Waals surface area (Å²) < 4.78 is 1.29. The Morgan fingerprint density at radius 1 is 0.839 bits per heavy atom. The second kappa shape index (κ2) is 7.47. The molecule has 2 nitrogen and oxygen atoms in total. The number of aryl methyl sites for hydroxylation is 1. The summed E-state index contributed by atoms with van der Waals surface area (Å²) >= 11 is 6.69. The third-order valence-electron chi connectivity index (χ3n) is 5.81. The zero-order valence-electron chi connectivity index (χ0n) is 18.1. The van der Waals surface area contributed by atoms with Crippen LogP contribution in [0, 0.1) is 6.92 Å². The molecule has 2 heterocycles. The van der Waals surface area contributed by atoms with E-state index in [9.17, 15) is 0 Å². The molecule has 0 bridgehead atoms. The van der Waals surface area contributed by atoms with E-state index in [1.54, 1.807) is 17.7 Å². The number of aromatic nitrogens is 2. The quantitative estimate of drug-likeness (QED) is 0.281. The van der Waals surface area contributed by atoms with Crippen molar-refractivity contribution < 1.29 is 0 Å². The standard InChI is InChI=1S/C27H24N2S2/c1-16-14-31-23-10-9-18(12-21(16)23)24-26(30)25(29-15-28-24)19-11-17-7-5-6-8-20(17)22(13-19)27(2,3)4/h5-15,30H,1-4H3. The van der Waals surface area contributed by atoms with Crippen LogP contribution < -0.4 is 0 Å². The highest BCUT2D eigenvalue weighted by molar-refractivity contribution is 7.80. The average Bonchev–Trinajstić information content (AvgIpc) is 3.12. The first kappa shape index (κ1) is 20.2. The van der Waals surface area contributed by atoms with Gasteiger partial charge >= 0.3 is 0 Å². The van der Waals surface area contributed by atoms with Crippen LogP contribution in [-0.2, 0) is 5.41 Å². The molecule has 0 spiro atoms. The molecule has 154 valence electrons. The van der Waals surface area contributed by atoms with Crippen molar-refractivity contribution in [1.82, 2.24) is 9.97 Å². The lowest BCUT2D eigenvalue weighted by molar-refractivity contribution is 0.596. The van der Waals surface area contributed by atoms with Crippen LogP contribution in [-0.4, -0.2) is 9.97 Å². The highest BCUT2D eigenvalue weighted by Gasteiger charge is 2.20. The molecule has 0 unspecified atom stereocenters. The number of thiol groups is 1. The molecule has 0 amide bonds. The molecule has 0 N–H and O–H groups in total. The van der Waals surface area contributed by atoms with E-state index < -0.39 is 0 Å². The average molecular weight is 441 g/mol. The van der Waals surface area contributed by atoms with E-state index in [2.05, 4.69) is 97.6 Å². The van der Waals surface area contributed by atoms with Crippen LogP contribution in [0.3, 0.4) is 0 Å². The Bertz CT molecular complexity index is 1440. The largest absolute Gasteiger partial charge is 0.235 e. The monoisotopic (exact) mass is 440 g/mol. The minimum atomic E-state index is 0.0176. The maximum Gasteiger partial charge on any atom is 0.116 e. The van der Waals surface area contributed by atoms with Crippen molar-refractivity contribution in [2.24, 2.45) is 0 Å². The minimum absolute atomic E-state index is 0.0176. The van der Waals surface area contributed by atoms with Gasteiger partial charge in [0.1, 0.15) is 6.33 Å². The molecule has 0 saturated carbocycles. The number of benzene rings is 3. The molecule has 0 radical (unpaired) electrons. The Labute approximate surface area is 192 Å². The summed E-state index contributed by atoms with van der Waals surface area (Å²) in [5, 5.41) is 5.97. The van der Waals surface area contributed by atoms with Crippen LogP contribution in [0.4, 0.5) is 0 Å². The molecule has 5 aromatic rings. The predicted octanol–water partition coefficient (Wildman–Crippen LogP) is 8.07. The smallest absolute Gasteiger partial charge is 0.116 e. The molecule has 0 aliphatic heterocycles. The summed E-state index contributed by atoms with van der Waals surface area (Å²) in [6.07, 6.45) is 1.65. The molecular weight excluding hydrogens is 416 g/mol. The number of fused-ring (bicyclic) bond motifs is 2. The Morgan fingerprint density at radius 2 is 1.58 bits per heavy atom. The lowest BCUT2D eigenvalue weighted by atomic mass is 9.82. The van der Waals surface area contributed by atoms with Crippen LogP contribution in [0.2, 0.25) is 0 Å². The lowest BCUT2D eigenvalue weighted by Gasteiger charge is -2.23. The molecule has 0 saturated heterocycles. The second-order valence-corrected chi connectivity index (χ2v) is 10.4. The third kappa shape index (κ3) is 3.54. The van der Waals surface area contributed by atoms with Crippen LogP contribution >= 0.6 is 24.0 Å². The van der Waals surface area contributed by atoms with Crippen LogP contribution in [0.1, 0.15) is 31.9 Å². The maximum atomic E-state index is 4.92. The number of nitrogens with zero attached hydrogens (tertiary/aromatic N) is 2. The van der Waals surface area contributed by atoms with Crippen molar-refractivity contribution >= 4 is 44.8 Å². The first-order chi connectivity index (χ1) is 14.8. The minimum Gasteiger partial charge on any atom is -0.235 e. The Balaban J connectivity index is 1.72. The summed E-state index contributed by atoms with van der Waals surface area (Å²) in [6, 6.07) is 19.6. The molecule has 0 aliphatic carbocycles. The maximum absolute atomic E-state index is 4.92. The topological polar surface area (TPSA) is 25.8 Å². The number of rotatable bonds is 2. The SMILES string of the molecule is Cc1csc2ccc(-c3ncnc(-c4cc(C(C)(C)C)c5ccccc5c4)c3S)cc12. The third-order valence-corrected chi connectivity index (χ3v) is 7.31. The molecule has 5 rings (SSSR count). The molecule has 0 atom stereocenters. The number of hydrogen-bond donors (Lipinski definition) is 1. The summed E-state index contributed by atoms with van der Waals surface area (Å²) in [6.45, 7) is 8.91. The first-order valence-corrected chi connectivity index (χ1v) is 11.7. The van der Waals surface area contributed by atoms with E-state index in [0.29, 0.717) is 0 Å². The van der Waals surface area contributed by atoms with Gasteiger partial charge < -0.3 is 0 Å². The van der Waals surface area contributed by atoms with Crippen molar-refractivity contribution in [3.05, 3.63) is 77.4 Å². The van der Waals surface area contributed by atoms with E-state index in [0.717, 1.165) is 27.4 Å². The van der Waals surface area contributed by atoms with Crippen molar-refractivity contribution in [2.45, 2.75) is 38.0 Å². The summed E-state index contributed by atoms with van der Waals surface area (Å²) in [5.74, 6) is 0. The van der Waals surface area contributed by atoms with Gasteiger partial charge in [-0.1, -0.05) is 51.1 Å². The molecule has 31 heavy (non-hydrogen) atoms. The van der Waals surface area contributed by atoms with Crippen LogP contribution in [0.5, 0.6) is 0 Å². The van der Waals surface area contributed by atoms with E-state index in [-0.39, 0.29) is 5.41 Å². The second-order valence-electron chi connectivity index (χ2n) is 9.04. The fraction of sp³-hybridized carbons (Fsp3) is 0.185. The van der Waals surface area contributed by atoms with Gasteiger partial charge in [-0.15, -0.1) is 24.0 Å². The van der Waals surface area contributed by atoms with E-state index >= 15 is 0 Å². The number of hydrogen-bond acceptors (Lipinski definition) is 4. The van der Waals surface area contributed by atoms with Gasteiger partial charge in [-0.3, -0.25) is 0 Å². The van der Waals surface area contributed by atoms with Gasteiger partial charge in [-0.25, -0.2) is 9.97 Å². The highest BCUT2D eigenvalue weighted by Crippen LogP contribution is 2.38. The van der Waals surface area contributed by atoms with Crippen molar-refractivity contribution in [2.75, 3.05) is 0 Å². The Kier molecular flexibility index (Phi) is 4.87. The molecular formula is C27H24N2S2. The Hall–Kier alpha value is -2.69. The molecule has 4 heteroatoms. The van der Waals surface area contributed by atoms with Crippen molar-refractivity contribution in [3.8, 4) is 22.5 Å². The van der Waals surface area contributed by atoms with Crippen LogP contribution in [0.25, 0.3) is 43.4 Å². The van der Waals surface area contributed by atoms with Gasteiger partial charge in [-0.2, -0.15) is 0 Å². The Morgan fingerprint density at radius 3 is 2.35 bits per heavy atom. The zero-order valence-corrected chi connectivity index (χ0v) is 19.8. The van der Waals surface area contributed by atoms with Gasteiger partial charge in [0, 0.05) is 15.8 Å². The van der Waals surface area contributed by atoms with E-state index in [4.69, 9.17) is 12.6 Å². The predicted molar refractivity (Wildman–Crippen MR) is 136 cm³/mol. The molecule has 0 aliphatic rings. The zero-order chi connectivity index (χ0) is 21.8. The van der Waals surface area contributed by atoms with Gasteiger partial charge in [0.15, 0.2) is 0 Å². The highest BCUT2D eigenvalue weighted by atomic mass is 32.1. The van der Waals surface area contributed by atoms with Gasteiger partial charge in [-0.05, 0) is 69.3 Å². The first-order valence-electron chi connectivity index (χ1n) is 10.4. The van der Waals surface area contributed by atoms with Crippen LogP contribution in [0.15, 0.2) is 71.2 Å². The van der Waals surface area contributed by atoms with Crippen molar-refractivity contribution in [1.29, 1.82) is 0 Å². The fourth-order valence-electron chi connectivity index (χ4n) is 4.17. The number of thiophene rings is 1. The summed E-state index contributed by atoms with van der Waals surface area (Å²) in [7, 11) is 0.